The van der Waals surface area contributed by atoms with E-state index in [1.807, 2.05) is 25.1 Å². The van der Waals surface area contributed by atoms with Crippen molar-refractivity contribution in [2.45, 2.75) is 70.6 Å². The number of carboxylic acid groups (broad SMARTS) is 1. The van der Waals surface area contributed by atoms with Gasteiger partial charge in [-0.3, -0.25) is 4.79 Å². The van der Waals surface area contributed by atoms with E-state index in [1.165, 1.54) is 11.3 Å². The minimum absolute atomic E-state index is 0.217. The van der Waals surface area contributed by atoms with Crippen LogP contribution in [0.15, 0.2) is 36.5 Å². The number of aromatic nitrogens is 3. The number of anilines is 1. The van der Waals surface area contributed by atoms with Crippen molar-refractivity contribution in [3.63, 3.8) is 0 Å². The Labute approximate surface area is 187 Å². The van der Waals surface area contributed by atoms with E-state index in [1.54, 1.807) is 6.20 Å². The third-order valence-electron chi connectivity index (χ3n) is 6.93. The van der Waals surface area contributed by atoms with Crippen LogP contribution in [0.4, 0.5) is 5.69 Å². The quantitative estimate of drug-likeness (QED) is 0.578. The lowest BCUT2D eigenvalue weighted by Gasteiger charge is -2.30. The number of aryl methyl sites for hydroxylation is 1. The van der Waals surface area contributed by atoms with Crippen molar-refractivity contribution < 1.29 is 14.6 Å². The van der Waals surface area contributed by atoms with Crippen LogP contribution in [-0.2, 0) is 11.2 Å². The van der Waals surface area contributed by atoms with E-state index in [4.69, 9.17) is 9.72 Å². The van der Waals surface area contributed by atoms with Gasteiger partial charge in [0.25, 0.3) is 0 Å². The first-order valence-corrected chi connectivity index (χ1v) is 11.6. The third kappa shape index (κ3) is 3.80. The number of nitrogens with one attached hydrogen (secondary N) is 1. The van der Waals surface area contributed by atoms with Gasteiger partial charge in [-0.25, -0.2) is 9.97 Å². The lowest BCUT2D eigenvalue weighted by Crippen LogP contribution is -2.25. The summed E-state index contributed by atoms with van der Waals surface area (Å²) >= 11 is 0. The van der Waals surface area contributed by atoms with Gasteiger partial charge in [0.1, 0.15) is 0 Å². The second-order valence-electron chi connectivity index (χ2n) is 9.16. The Kier molecular flexibility index (Phi) is 5.49. The van der Waals surface area contributed by atoms with Crippen molar-refractivity contribution in [2.24, 2.45) is 5.92 Å². The molecule has 168 valence electrons. The van der Waals surface area contributed by atoms with Gasteiger partial charge in [-0.1, -0.05) is 6.07 Å². The molecule has 1 unspecified atom stereocenters. The summed E-state index contributed by atoms with van der Waals surface area (Å²) in [5, 5.41) is 13.0. The van der Waals surface area contributed by atoms with Gasteiger partial charge in [-0.05, 0) is 70.6 Å². The molecule has 3 aromatic rings. The molecule has 2 N–H and O–H groups in total. The van der Waals surface area contributed by atoms with E-state index in [9.17, 15) is 9.90 Å². The van der Waals surface area contributed by atoms with E-state index in [-0.39, 0.29) is 18.1 Å². The van der Waals surface area contributed by atoms with E-state index in [0.717, 1.165) is 42.5 Å². The molecule has 7 heteroatoms. The molecule has 0 spiro atoms. The number of benzene rings is 1. The maximum Gasteiger partial charge on any atom is 0.306 e. The predicted octanol–water partition coefficient (Wildman–Crippen LogP) is 5.13. The van der Waals surface area contributed by atoms with Crippen molar-refractivity contribution >= 4 is 22.7 Å². The number of aliphatic carboxylic acids is 1. The molecule has 1 fully saturated rings. The van der Waals surface area contributed by atoms with Crippen molar-refractivity contribution in [3.8, 4) is 5.88 Å². The number of carbonyl (C=O) groups is 1. The van der Waals surface area contributed by atoms with Crippen molar-refractivity contribution in [3.05, 3.63) is 47.9 Å². The Balaban J connectivity index is 1.56. The zero-order valence-corrected chi connectivity index (χ0v) is 18.6. The van der Waals surface area contributed by atoms with Crippen molar-refractivity contribution in [2.75, 3.05) is 5.32 Å². The van der Waals surface area contributed by atoms with Gasteiger partial charge in [0.05, 0.1) is 17.0 Å². The minimum Gasteiger partial charge on any atom is -0.481 e. The normalized spacial score (nSPS) is 23.9. The topological polar surface area (TPSA) is 89.3 Å². The number of carboxylic acids is 1. The highest BCUT2D eigenvalue weighted by molar-refractivity contribution is 5.86. The number of fused-ring (bicyclic) bond motifs is 3. The summed E-state index contributed by atoms with van der Waals surface area (Å²) in [6.07, 6.45) is 6.58. The molecular formula is C25H30N4O3. The molecule has 1 aromatic carbocycles. The zero-order valence-electron chi connectivity index (χ0n) is 18.6. The molecule has 1 saturated carbocycles. The Bertz CT molecular complexity index is 1120. The number of rotatable bonds is 5. The SMILES string of the molecule is CC(Oc1ccccn1)c1nc2c3c(ccc2n1C1CCC(C(=O)O)CC1)N[C@@H](C)CC3. The van der Waals surface area contributed by atoms with Crippen LogP contribution < -0.4 is 10.1 Å². The number of ether oxygens (including phenoxy) is 1. The number of nitrogens with zero attached hydrogens (tertiary/aromatic N) is 3. The Morgan fingerprint density at radius 2 is 2.00 bits per heavy atom. The molecule has 1 aliphatic heterocycles. The second kappa shape index (κ2) is 8.45. The van der Waals surface area contributed by atoms with Gasteiger partial charge in [-0.15, -0.1) is 0 Å². The molecule has 0 saturated heterocycles. The summed E-state index contributed by atoms with van der Waals surface area (Å²) < 4.78 is 8.50. The summed E-state index contributed by atoms with van der Waals surface area (Å²) in [6, 6.07) is 10.6. The first-order chi connectivity index (χ1) is 15.5. The number of pyridine rings is 1. The average Bonchev–Trinajstić information content (AvgIpc) is 3.19. The molecular weight excluding hydrogens is 404 g/mol. The van der Waals surface area contributed by atoms with Crippen LogP contribution in [0.25, 0.3) is 11.0 Å². The summed E-state index contributed by atoms with van der Waals surface area (Å²) in [6.45, 7) is 4.23. The van der Waals surface area contributed by atoms with Crippen molar-refractivity contribution in [1.82, 2.24) is 14.5 Å². The molecule has 32 heavy (non-hydrogen) atoms. The molecule has 2 atom stereocenters. The fourth-order valence-electron chi connectivity index (χ4n) is 5.22. The monoisotopic (exact) mass is 434 g/mol. The van der Waals surface area contributed by atoms with E-state index < -0.39 is 5.97 Å². The second-order valence-corrected chi connectivity index (χ2v) is 9.16. The van der Waals surface area contributed by atoms with Crippen LogP contribution >= 0.6 is 0 Å². The van der Waals surface area contributed by atoms with Crippen molar-refractivity contribution in [1.29, 1.82) is 0 Å². The van der Waals surface area contributed by atoms with Crippen LogP contribution in [0.5, 0.6) is 5.88 Å². The highest BCUT2D eigenvalue weighted by Crippen LogP contribution is 2.40. The van der Waals surface area contributed by atoms with E-state index in [0.29, 0.717) is 24.8 Å². The largest absolute Gasteiger partial charge is 0.481 e. The third-order valence-corrected chi connectivity index (χ3v) is 6.93. The standard InChI is InChI=1S/C25H30N4O3/c1-15-6-11-19-20(27-15)12-13-21-23(19)28-24(16(2)32-22-5-3-4-14-26-22)29(21)18-9-7-17(8-10-18)25(30)31/h3-5,12-18,27H,6-11H2,1-2H3,(H,30,31)/t15-,16?,17?,18?/m0/s1. The molecule has 3 heterocycles. The minimum atomic E-state index is -0.680. The molecule has 7 nitrogen and oxygen atoms in total. The summed E-state index contributed by atoms with van der Waals surface area (Å²) in [4.78, 5) is 20.9. The fraction of sp³-hybridized carbons (Fsp3) is 0.480. The van der Waals surface area contributed by atoms with Crippen LogP contribution in [-0.4, -0.2) is 31.7 Å². The van der Waals surface area contributed by atoms with Crippen LogP contribution in [0, 0.1) is 5.92 Å². The molecule has 0 bridgehead atoms. The van der Waals surface area contributed by atoms with Gasteiger partial charge in [0.2, 0.25) is 5.88 Å². The molecule has 5 rings (SSSR count). The van der Waals surface area contributed by atoms with Gasteiger partial charge in [0, 0.05) is 35.6 Å². The highest BCUT2D eigenvalue weighted by Gasteiger charge is 2.32. The zero-order chi connectivity index (χ0) is 22.2. The molecule has 0 amide bonds. The van der Waals surface area contributed by atoms with E-state index >= 15 is 0 Å². The lowest BCUT2D eigenvalue weighted by molar-refractivity contribution is -0.143. The maximum atomic E-state index is 11.5. The van der Waals surface area contributed by atoms with Crippen LogP contribution in [0.2, 0.25) is 0 Å². The molecule has 0 radical (unpaired) electrons. The molecule has 2 aliphatic rings. The molecule has 1 aliphatic carbocycles. The number of imidazole rings is 1. The number of hydrogen-bond donors (Lipinski definition) is 2. The maximum absolute atomic E-state index is 11.5. The van der Waals surface area contributed by atoms with Gasteiger partial charge in [-0.2, -0.15) is 0 Å². The number of hydrogen-bond acceptors (Lipinski definition) is 5. The van der Waals surface area contributed by atoms with Crippen LogP contribution in [0.1, 0.15) is 69.5 Å². The lowest BCUT2D eigenvalue weighted by atomic mass is 9.85. The van der Waals surface area contributed by atoms with Gasteiger partial charge >= 0.3 is 5.97 Å². The molecule has 2 aromatic heterocycles. The Morgan fingerprint density at radius 1 is 1.19 bits per heavy atom. The fourth-order valence-corrected chi connectivity index (χ4v) is 5.22. The van der Waals surface area contributed by atoms with E-state index in [2.05, 4.69) is 33.9 Å². The smallest absolute Gasteiger partial charge is 0.306 e. The predicted molar refractivity (Wildman–Crippen MR) is 123 cm³/mol. The van der Waals surface area contributed by atoms with Gasteiger partial charge < -0.3 is 19.7 Å². The average molecular weight is 435 g/mol. The Morgan fingerprint density at radius 3 is 2.72 bits per heavy atom. The summed E-state index contributed by atoms with van der Waals surface area (Å²) in [7, 11) is 0. The first kappa shape index (κ1) is 20.8. The van der Waals surface area contributed by atoms with Crippen LogP contribution in [0.3, 0.4) is 0 Å². The summed E-state index contributed by atoms with van der Waals surface area (Å²) in [5.74, 6) is 0.535. The Hall–Kier alpha value is -3.09. The summed E-state index contributed by atoms with van der Waals surface area (Å²) in [5.41, 5.74) is 4.59. The first-order valence-electron chi connectivity index (χ1n) is 11.6. The highest BCUT2D eigenvalue weighted by atomic mass is 16.5. The van der Waals surface area contributed by atoms with Gasteiger partial charge in [0.15, 0.2) is 11.9 Å².